The Kier molecular flexibility index (Phi) is 5.25. The van der Waals surface area contributed by atoms with Crippen molar-refractivity contribution in [1.29, 1.82) is 0 Å². The van der Waals surface area contributed by atoms with E-state index in [-0.39, 0.29) is 11.6 Å². The Morgan fingerprint density at radius 2 is 1.74 bits per heavy atom. The zero-order chi connectivity index (χ0) is 24.7. The van der Waals surface area contributed by atoms with E-state index in [0.717, 1.165) is 5.56 Å². The highest BCUT2D eigenvalue weighted by molar-refractivity contribution is 6.09. The van der Waals surface area contributed by atoms with E-state index in [4.69, 9.17) is 5.73 Å². The summed E-state index contributed by atoms with van der Waals surface area (Å²) in [5, 5.41) is 11.6. The van der Waals surface area contributed by atoms with E-state index in [1.54, 1.807) is 55.0 Å². The number of aromatic nitrogens is 5. The van der Waals surface area contributed by atoms with Crippen LogP contribution in [0.15, 0.2) is 77.7 Å². The summed E-state index contributed by atoms with van der Waals surface area (Å²) in [6, 6.07) is 19.1. The van der Waals surface area contributed by atoms with Crippen molar-refractivity contribution >= 4 is 23.0 Å². The number of fused-ring (bicyclic) bond motifs is 1. The zero-order valence-electron chi connectivity index (χ0n) is 19.0. The van der Waals surface area contributed by atoms with Crippen LogP contribution in [0.2, 0.25) is 0 Å². The van der Waals surface area contributed by atoms with E-state index in [2.05, 4.69) is 15.5 Å². The van der Waals surface area contributed by atoms with Crippen molar-refractivity contribution in [3.8, 4) is 16.9 Å². The van der Waals surface area contributed by atoms with Crippen LogP contribution in [0.4, 0.5) is 5.69 Å². The second kappa shape index (κ2) is 8.41. The Hall–Kier alpha value is -4.99. The molecule has 0 aliphatic carbocycles. The number of primary amides is 1. The van der Waals surface area contributed by atoms with E-state index in [0.29, 0.717) is 39.5 Å². The monoisotopic (exact) mass is 467 g/mol. The topological polar surface area (TPSA) is 129 Å². The fourth-order valence-electron chi connectivity index (χ4n) is 3.96. The molecule has 0 saturated heterocycles. The Morgan fingerprint density at radius 1 is 0.971 bits per heavy atom. The van der Waals surface area contributed by atoms with E-state index < -0.39 is 5.91 Å². The fraction of sp³-hybridized carbons (Fsp3) is 0.0800. The first kappa shape index (κ1) is 21.8. The third kappa shape index (κ3) is 3.97. The number of anilines is 1. The van der Waals surface area contributed by atoms with Crippen LogP contribution in [0.5, 0.6) is 0 Å². The van der Waals surface area contributed by atoms with Gasteiger partial charge in [-0.3, -0.25) is 9.59 Å². The molecule has 0 atom stereocenters. The number of nitrogens with two attached hydrogens (primary N) is 1. The lowest BCUT2D eigenvalue weighted by Crippen LogP contribution is -2.21. The molecule has 5 aromatic rings. The van der Waals surface area contributed by atoms with Gasteiger partial charge in [-0.1, -0.05) is 18.2 Å². The number of hydrogen-bond acceptors (Lipinski definition) is 5. The van der Waals surface area contributed by atoms with Gasteiger partial charge in [-0.05, 0) is 55.5 Å². The van der Waals surface area contributed by atoms with Gasteiger partial charge in [0.1, 0.15) is 5.82 Å². The summed E-state index contributed by atoms with van der Waals surface area (Å²) in [5.74, 6) is -0.321. The van der Waals surface area contributed by atoms with Crippen molar-refractivity contribution in [3.63, 3.8) is 0 Å². The largest absolute Gasteiger partial charge is 0.366 e. The van der Waals surface area contributed by atoms with E-state index >= 15 is 0 Å². The lowest BCUT2D eigenvalue weighted by Gasteiger charge is -2.07. The van der Waals surface area contributed by atoms with Crippen LogP contribution in [0, 0.1) is 6.92 Å². The molecule has 0 fully saturated rings. The minimum atomic E-state index is -0.571. The molecule has 0 aliphatic rings. The number of aryl methyl sites for hydroxylation is 2. The molecule has 0 spiro atoms. The smallest absolute Gasteiger partial charge is 0.350 e. The van der Waals surface area contributed by atoms with Crippen molar-refractivity contribution in [2.24, 2.45) is 12.8 Å². The summed E-state index contributed by atoms with van der Waals surface area (Å²) in [6.07, 6.45) is 1.76. The molecule has 0 bridgehead atoms. The van der Waals surface area contributed by atoms with Crippen LogP contribution in [-0.4, -0.2) is 35.8 Å². The maximum absolute atomic E-state index is 13.0. The number of carbonyl (C=O) groups is 2. The average Bonchev–Trinajstić information content (AvgIpc) is 3.39. The maximum atomic E-state index is 13.0. The third-order valence-electron chi connectivity index (χ3n) is 5.66. The molecule has 2 aromatic carbocycles. The Bertz CT molecular complexity index is 1660. The van der Waals surface area contributed by atoms with Gasteiger partial charge < -0.3 is 11.1 Å². The molecule has 3 aromatic heterocycles. The van der Waals surface area contributed by atoms with Crippen LogP contribution < -0.4 is 16.7 Å². The molecule has 0 saturated carbocycles. The molecule has 2 amide bonds. The van der Waals surface area contributed by atoms with Crippen LogP contribution in [0.25, 0.3) is 22.5 Å². The first-order chi connectivity index (χ1) is 16.8. The highest BCUT2D eigenvalue weighted by atomic mass is 16.2. The normalized spacial score (nSPS) is 11.0. The van der Waals surface area contributed by atoms with Gasteiger partial charge in [0.05, 0.1) is 22.5 Å². The zero-order valence-corrected chi connectivity index (χ0v) is 19.0. The third-order valence-corrected chi connectivity index (χ3v) is 5.66. The second-order valence-corrected chi connectivity index (χ2v) is 8.02. The average molecular weight is 467 g/mol. The molecule has 3 N–H and O–H groups in total. The predicted octanol–water partition coefficient (Wildman–Crippen LogP) is 2.55. The number of carbonyl (C=O) groups excluding carboxylic acids is 2. The summed E-state index contributed by atoms with van der Waals surface area (Å²) in [6.45, 7) is 1.77. The van der Waals surface area contributed by atoms with E-state index in [1.807, 2.05) is 30.3 Å². The Morgan fingerprint density at radius 3 is 2.43 bits per heavy atom. The highest BCUT2D eigenvalue weighted by Crippen LogP contribution is 2.24. The van der Waals surface area contributed by atoms with E-state index in [9.17, 15) is 14.4 Å². The predicted molar refractivity (Wildman–Crippen MR) is 131 cm³/mol. The van der Waals surface area contributed by atoms with Crippen LogP contribution in [0.3, 0.4) is 0 Å². The Balaban J connectivity index is 1.46. The summed E-state index contributed by atoms with van der Waals surface area (Å²) in [4.78, 5) is 36.8. The molecule has 0 unspecified atom stereocenters. The van der Waals surface area contributed by atoms with Crippen LogP contribution in [-0.2, 0) is 7.05 Å². The molecule has 10 nitrogen and oxygen atoms in total. The number of nitrogens with zero attached hydrogens (tertiary/aromatic N) is 5. The van der Waals surface area contributed by atoms with E-state index in [1.165, 1.54) is 15.3 Å². The Labute approximate surface area is 199 Å². The van der Waals surface area contributed by atoms with Gasteiger partial charge in [0.15, 0.2) is 0 Å². The SMILES string of the molecule is Cc1nn(C)c(=O)n1-c1ccc(-c2cc3c(C(=O)Nc4cccc(C(N)=O)c4)cccn3n2)cc1. The van der Waals surface area contributed by atoms with Crippen molar-refractivity contribution in [2.75, 3.05) is 5.32 Å². The summed E-state index contributed by atoms with van der Waals surface area (Å²) in [7, 11) is 1.61. The molecule has 10 heteroatoms. The van der Waals surface area contributed by atoms with Crippen molar-refractivity contribution in [2.45, 2.75) is 6.92 Å². The van der Waals surface area contributed by atoms with Crippen molar-refractivity contribution in [3.05, 3.63) is 100 Å². The first-order valence-corrected chi connectivity index (χ1v) is 10.7. The minimum Gasteiger partial charge on any atom is -0.366 e. The number of pyridine rings is 1. The number of nitrogens with one attached hydrogen (secondary N) is 1. The van der Waals surface area contributed by atoms with Gasteiger partial charge in [0, 0.05) is 30.1 Å². The molecule has 5 rings (SSSR count). The number of hydrogen-bond donors (Lipinski definition) is 2. The van der Waals surface area contributed by atoms with Crippen LogP contribution in [0.1, 0.15) is 26.5 Å². The molecular formula is C25H21N7O3. The maximum Gasteiger partial charge on any atom is 0.350 e. The standard InChI is InChI=1S/C25H21N7O3/c1-15-28-30(2)25(35)32(15)19-10-8-16(9-11-19)21-14-22-20(7-4-12-31(22)29-21)24(34)27-18-6-3-5-17(13-18)23(26)33/h3-14H,1-2H3,(H2,26,33)(H,27,34). The number of rotatable bonds is 5. The summed E-state index contributed by atoms with van der Waals surface area (Å²) in [5.41, 5.74) is 9.11. The number of benzene rings is 2. The van der Waals surface area contributed by atoms with Gasteiger partial charge >= 0.3 is 5.69 Å². The van der Waals surface area contributed by atoms with Crippen molar-refractivity contribution < 1.29 is 9.59 Å². The molecule has 3 heterocycles. The quantitative estimate of drug-likeness (QED) is 0.410. The van der Waals surface area contributed by atoms with Gasteiger partial charge in [-0.2, -0.15) is 10.2 Å². The van der Waals surface area contributed by atoms with Crippen molar-refractivity contribution in [1.82, 2.24) is 24.0 Å². The molecule has 174 valence electrons. The summed E-state index contributed by atoms with van der Waals surface area (Å²) < 4.78 is 4.46. The van der Waals surface area contributed by atoms with Crippen LogP contribution >= 0.6 is 0 Å². The number of amides is 2. The van der Waals surface area contributed by atoms with Gasteiger partial charge in [0.25, 0.3) is 5.91 Å². The molecule has 35 heavy (non-hydrogen) atoms. The molecule has 0 aliphatic heterocycles. The van der Waals surface area contributed by atoms with Gasteiger partial charge in [0.2, 0.25) is 5.91 Å². The highest BCUT2D eigenvalue weighted by Gasteiger charge is 2.15. The first-order valence-electron chi connectivity index (χ1n) is 10.7. The second-order valence-electron chi connectivity index (χ2n) is 8.02. The minimum absolute atomic E-state index is 0.222. The molecular weight excluding hydrogens is 446 g/mol. The molecule has 0 radical (unpaired) electrons. The fourth-order valence-corrected chi connectivity index (χ4v) is 3.96. The lowest BCUT2D eigenvalue weighted by atomic mass is 10.1. The summed E-state index contributed by atoms with van der Waals surface area (Å²) >= 11 is 0. The lowest BCUT2D eigenvalue weighted by molar-refractivity contribution is 0.0996. The van der Waals surface area contributed by atoms with Gasteiger partial charge in [-0.25, -0.2) is 18.6 Å². The van der Waals surface area contributed by atoms with Gasteiger partial charge in [-0.15, -0.1) is 0 Å².